The molecule has 1 heteroatoms. The van der Waals surface area contributed by atoms with Crippen LogP contribution in [0.5, 0.6) is 0 Å². The molecule has 1 aliphatic rings. The van der Waals surface area contributed by atoms with Crippen LogP contribution in [0.3, 0.4) is 0 Å². The summed E-state index contributed by atoms with van der Waals surface area (Å²) < 4.78 is 0. The normalized spacial score (nSPS) is 12.4. The van der Waals surface area contributed by atoms with Gasteiger partial charge in [-0.15, -0.1) is 0 Å². The van der Waals surface area contributed by atoms with Crippen molar-refractivity contribution in [3.8, 4) is 22.3 Å². The molecule has 0 bridgehead atoms. The molecule has 1 N–H and O–H groups in total. The summed E-state index contributed by atoms with van der Waals surface area (Å²) in [6.45, 7) is 4.42. The highest BCUT2D eigenvalue weighted by atomic mass is 14.7. The average Bonchev–Trinajstić information content (AvgIpc) is 3.13. The first kappa shape index (κ1) is 13.3. The Kier molecular flexibility index (Phi) is 2.29. The molecule has 0 atom stereocenters. The lowest BCUT2D eigenvalue weighted by Crippen LogP contribution is -1.84. The Morgan fingerprint density at radius 3 is 2.32 bits per heavy atom. The zero-order valence-electron chi connectivity index (χ0n) is 14.3. The molecule has 5 aromatic rings. The smallest absolute Gasteiger partial charge is 0.0474 e. The lowest BCUT2D eigenvalue weighted by atomic mass is 9.94. The van der Waals surface area contributed by atoms with Gasteiger partial charge in [-0.25, -0.2) is 0 Å². The molecule has 0 saturated carbocycles. The van der Waals surface area contributed by atoms with Crippen molar-refractivity contribution in [2.24, 2.45) is 0 Å². The lowest BCUT2D eigenvalue weighted by Gasteiger charge is -2.08. The number of aromatic amines is 1. The van der Waals surface area contributed by atoms with E-state index < -0.39 is 0 Å². The van der Waals surface area contributed by atoms with Crippen molar-refractivity contribution in [1.82, 2.24) is 4.98 Å². The van der Waals surface area contributed by atoms with E-state index in [0.717, 1.165) is 0 Å². The Hall–Kier alpha value is -3.06. The Morgan fingerprint density at radius 1 is 0.680 bits per heavy atom. The second-order valence-corrected chi connectivity index (χ2v) is 7.23. The van der Waals surface area contributed by atoms with Crippen molar-refractivity contribution in [3.63, 3.8) is 0 Å². The zero-order chi connectivity index (χ0) is 16.7. The molecule has 0 radical (unpaired) electrons. The summed E-state index contributed by atoms with van der Waals surface area (Å²) in [7, 11) is 0. The van der Waals surface area contributed by atoms with Gasteiger partial charge in [-0.2, -0.15) is 0 Å². The van der Waals surface area contributed by atoms with Crippen LogP contribution >= 0.6 is 0 Å². The van der Waals surface area contributed by atoms with Crippen molar-refractivity contribution in [2.75, 3.05) is 0 Å². The van der Waals surface area contributed by atoms with Crippen molar-refractivity contribution in [2.45, 2.75) is 13.8 Å². The van der Waals surface area contributed by atoms with E-state index in [1.807, 2.05) is 0 Å². The highest BCUT2D eigenvalue weighted by molar-refractivity contribution is 6.21. The van der Waals surface area contributed by atoms with Gasteiger partial charge < -0.3 is 4.98 Å². The van der Waals surface area contributed by atoms with Crippen molar-refractivity contribution < 1.29 is 0 Å². The summed E-state index contributed by atoms with van der Waals surface area (Å²) in [5.74, 6) is 0. The summed E-state index contributed by atoms with van der Waals surface area (Å²) in [4.78, 5) is 3.65. The fourth-order valence-electron chi connectivity index (χ4n) is 4.72. The first-order valence-corrected chi connectivity index (χ1v) is 8.80. The summed E-state index contributed by atoms with van der Waals surface area (Å²) in [6, 6.07) is 22.4. The van der Waals surface area contributed by atoms with Crippen LogP contribution in [0.25, 0.3) is 54.8 Å². The zero-order valence-corrected chi connectivity index (χ0v) is 14.3. The molecule has 1 aromatic heterocycles. The Balaban J connectivity index is 1.85. The van der Waals surface area contributed by atoms with E-state index in [1.165, 1.54) is 66.0 Å². The second-order valence-electron chi connectivity index (χ2n) is 7.23. The van der Waals surface area contributed by atoms with Crippen molar-refractivity contribution in [1.29, 1.82) is 0 Å². The SMILES string of the molecule is Cc1ccc2c(c1)[nH]c1cc3c(c(C)c12)-c1cccc2cccc-3c12. The quantitative estimate of drug-likeness (QED) is 0.319. The molecule has 6 rings (SSSR count). The molecule has 1 aliphatic carbocycles. The highest BCUT2D eigenvalue weighted by Gasteiger charge is 2.25. The monoisotopic (exact) mass is 319 g/mol. The number of hydrogen-bond acceptors (Lipinski definition) is 0. The van der Waals surface area contributed by atoms with E-state index in [4.69, 9.17) is 0 Å². The van der Waals surface area contributed by atoms with E-state index >= 15 is 0 Å². The van der Waals surface area contributed by atoms with Crippen LogP contribution in [0.1, 0.15) is 11.1 Å². The maximum absolute atomic E-state index is 3.65. The number of hydrogen-bond donors (Lipinski definition) is 1. The van der Waals surface area contributed by atoms with Crippen LogP contribution in [-0.4, -0.2) is 4.98 Å². The molecular formula is C24H17N. The van der Waals surface area contributed by atoms with E-state index in [1.54, 1.807) is 0 Å². The minimum absolute atomic E-state index is 1.23. The maximum Gasteiger partial charge on any atom is 0.0474 e. The van der Waals surface area contributed by atoms with E-state index in [9.17, 15) is 0 Å². The third kappa shape index (κ3) is 1.54. The molecule has 1 nitrogen and oxygen atoms in total. The predicted molar refractivity (Wildman–Crippen MR) is 107 cm³/mol. The summed E-state index contributed by atoms with van der Waals surface area (Å²) in [5.41, 5.74) is 10.6. The van der Waals surface area contributed by atoms with Crippen LogP contribution in [0.2, 0.25) is 0 Å². The predicted octanol–water partition coefficient (Wildman–Crippen LogP) is 6.74. The molecule has 25 heavy (non-hydrogen) atoms. The number of fused-ring (bicyclic) bond motifs is 6. The van der Waals surface area contributed by atoms with E-state index in [-0.39, 0.29) is 0 Å². The fourth-order valence-corrected chi connectivity index (χ4v) is 4.72. The van der Waals surface area contributed by atoms with Gasteiger partial charge in [0.1, 0.15) is 0 Å². The van der Waals surface area contributed by atoms with Gasteiger partial charge in [0.15, 0.2) is 0 Å². The van der Waals surface area contributed by atoms with E-state index in [0.29, 0.717) is 0 Å². The number of aryl methyl sites for hydroxylation is 2. The molecule has 0 fully saturated rings. The number of nitrogens with one attached hydrogen (secondary N) is 1. The molecule has 0 aliphatic heterocycles. The van der Waals surface area contributed by atoms with Crippen LogP contribution in [0, 0.1) is 13.8 Å². The third-order valence-electron chi connectivity index (χ3n) is 5.76. The average molecular weight is 319 g/mol. The molecule has 0 spiro atoms. The van der Waals surface area contributed by atoms with Crippen LogP contribution < -0.4 is 0 Å². The standard InChI is InChI=1S/C24H17N/c1-13-9-10-17-20(11-13)25-21-12-19-16-7-3-5-15-6-4-8-18(24(15)16)22(19)14(2)23(17)21/h3-12,25H,1-2H3. The molecule has 0 unspecified atom stereocenters. The molecule has 1 heterocycles. The van der Waals surface area contributed by atoms with Gasteiger partial charge in [-0.05, 0) is 70.1 Å². The fraction of sp³-hybridized carbons (Fsp3) is 0.0833. The maximum atomic E-state index is 3.65. The second kappa shape index (κ2) is 4.31. The lowest BCUT2D eigenvalue weighted by molar-refractivity contribution is 1.47. The van der Waals surface area contributed by atoms with Gasteiger partial charge in [-0.3, -0.25) is 0 Å². The minimum atomic E-state index is 1.23. The number of aromatic nitrogens is 1. The molecule has 0 amide bonds. The molecule has 4 aromatic carbocycles. The van der Waals surface area contributed by atoms with Gasteiger partial charge in [0.25, 0.3) is 0 Å². The Bertz CT molecular complexity index is 1350. The topological polar surface area (TPSA) is 15.8 Å². The first-order valence-electron chi connectivity index (χ1n) is 8.80. The van der Waals surface area contributed by atoms with Crippen LogP contribution in [-0.2, 0) is 0 Å². The molecule has 0 saturated heterocycles. The highest BCUT2D eigenvalue weighted by Crippen LogP contribution is 2.51. The molecule has 118 valence electrons. The van der Waals surface area contributed by atoms with Gasteiger partial charge in [-0.1, -0.05) is 48.5 Å². The van der Waals surface area contributed by atoms with Crippen molar-refractivity contribution in [3.05, 3.63) is 71.8 Å². The molecular weight excluding hydrogens is 302 g/mol. The third-order valence-corrected chi connectivity index (χ3v) is 5.76. The number of benzene rings is 4. The Morgan fingerprint density at radius 2 is 1.48 bits per heavy atom. The van der Waals surface area contributed by atoms with Gasteiger partial charge in [0, 0.05) is 21.8 Å². The van der Waals surface area contributed by atoms with Gasteiger partial charge >= 0.3 is 0 Å². The van der Waals surface area contributed by atoms with E-state index in [2.05, 4.69) is 79.5 Å². The first-order chi connectivity index (χ1) is 12.2. The van der Waals surface area contributed by atoms with Gasteiger partial charge in [0.05, 0.1) is 0 Å². The largest absolute Gasteiger partial charge is 0.354 e. The van der Waals surface area contributed by atoms with Crippen LogP contribution in [0.15, 0.2) is 60.7 Å². The summed E-state index contributed by atoms with van der Waals surface area (Å²) in [6.07, 6.45) is 0. The summed E-state index contributed by atoms with van der Waals surface area (Å²) in [5, 5.41) is 5.41. The Labute approximate surface area is 145 Å². The van der Waals surface area contributed by atoms with Crippen molar-refractivity contribution >= 4 is 32.6 Å². The summed E-state index contributed by atoms with van der Waals surface area (Å²) >= 11 is 0. The number of H-pyrrole nitrogens is 1. The van der Waals surface area contributed by atoms with Gasteiger partial charge in [0.2, 0.25) is 0 Å². The number of rotatable bonds is 0. The van der Waals surface area contributed by atoms with Crippen LogP contribution in [0.4, 0.5) is 0 Å². The minimum Gasteiger partial charge on any atom is -0.354 e.